The maximum atomic E-state index is 13.4. The summed E-state index contributed by atoms with van der Waals surface area (Å²) < 4.78 is 69.2. The Kier molecular flexibility index (Phi) is 46.8. The van der Waals surface area contributed by atoms with Crippen LogP contribution < -0.4 is 32.3 Å². The number of hydrogen-bond donors (Lipinski definition) is 6. The van der Waals surface area contributed by atoms with Gasteiger partial charge in [0.2, 0.25) is 23.7 Å². The van der Waals surface area contributed by atoms with Gasteiger partial charge < -0.3 is 104 Å². The lowest BCUT2D eigenvalue weighted by Crippen LogP contribution is -2.45. The second-order valence-electron chi connectivity index (χ2n) is 21.3. The SMILES string of the molecule is CCOCCOCCOCCOCCOCCOC.CCOCCOCCOCCOCCOCCOCCC(=O)NCCCN(CCCNC(=O)CCC(NC(=O)c1ccc(N(C)Cc2cnc3nc(N)nc(N)c3n2)cc1)C(=O)OC(C)(C)C)C(=O)CCC(=O)O. The van der Waals surface area contributed by atoms with Gasteiger partial charge in [-0.1, -0.05) is 0 Å². The van der Waals surface area contributed by atoms with Crippen LogP contribution in [-0.2, 0) is 92.1 Å². The smallest absolute Gasteiger partial charge is 0.329 e. The van der Waals surface area contributed by atoms with Crippen molar-refractivity contribution >= 4 is 64.2 Å². The van der Waals surface area contributed by atoms with Gasteiger partial charge in [0.15, 0.2) is 17.0 Å². The molecule has 0 fully saturated rings. The average molecular weight is 1320 g/mol. The molecule has 0 aliphatic heterocycles. The first-order chi connectivity index (χ1) is 44.9. The van der Waals surface area contributed by atoms with Crippen molar-refractivity contribution in [3.63, 3.8) is 0 Å². The number of esters is 1. The number of anilines is 3. The van der Waals surface area contributed by atoms with Crippen molar-refractivity contribution in [3.05, 3.63) is 41.7 Å². The molecule has 0 aliphatic carbocycles. The molecule has 0 saturated heterocycles. The topological polar surface area (TPSA) is 389 Å². The molecule has 528 valence electrons. The minimum absolute atomic E-state index is 0.00226. The number of aliphatic carboxylic acids is 1. The van der Waals surface area contributed by atoms with E-state index in [2.05, 4.69) is 35.9 Å². The highest BCUT2D eigenvalue weighted by atomic mass is 16.6. The molecule has 2 aromatic heterocycles. The van der Waals surface area contributed by atoms with Crippen molar-refractivity contribution in [2.45, 2.75) is 97.8 Å². The molecule has 1 atom stereocenters. The summed E-state index contributed by atoms with van der Waals surface area (Å²) >= 11 is 0. The van der Waals surface area contributed by atoms with Crippen LogP contribution in [-0.4, -0.2) is 269 Å². The van der Waals surface area contributed by atoms with E-state index in [0.717, 1.165) is 12.3 Å². The van der Waals surface area contributed by atoms with Crippen LogP contribution in [0.1, 0.15) is 95.6 Å². The average Bonchev–Trinajstić information content (AvgIpc) is 0.988. The number of benzene rings is 1. The van der Waals surface area contributed by atoms with E-state index in [-0.39, 0.29) is 99.7 Å². The van der Waals surface area contributed by atoms with Gasteiger partial charge in [0.25, 0.3) is 5.91 Å². The minimum Gasteiger partial charge on any atom is -0.481 e. The summed E-state index contributed by atoms with van der Waals surface area (Å²) in [5.41, 5.74) is 13.0. The summed E-state index contributed by atoms with van der Waals surface area (Å²) in [5.74, 6) is -3.23. The number of nitrogens with zero attached hydrogens (tertiary/aromatic N) is 6. The van der Waals surface area contributed by atoms with Crippen molar-refractivity contribution in [1.29, 1.82) is 0 Å². The van der Waals surface area contributed by atoms with E-state index in [9.17, 15) is 28.8 Å². The summed E-state index contributed by atoms with van der Waals surface area (Å²) in [7, 11) is 3.48. The van der Waals surface area contributed by atoms with Crippen molar-refractivity contribution in [3.8, 4) is 0 Å². The zero-order chi connectivity index (χ0) is 68.2. The molecule has 3 rings (SSSR count). The lowest BCUT2D eigenvalue weighted by molar-refractivity contribution is -0.157. The number of carboxylic acid groups (broad SMARTS) is 1. The van der Waals surface area contributed by atoms with Gasteiger partial charge in [0, 0.05) is 84.1 Å². The molecule has 0 radical (unpaired) electrons. The summed E-state index contributed by atoms with van der Waals surface area (Å²) in [5, 5.41) is 17.4. The number of carboxylic acids is 1. The van der Waals surface area contributed by atoms with Gasteiger partial charge >= 0.3 is 11.9 Å². The molecule has 0 bridgehead atoms. The number of carbonyl (C=O) groups is 6. The van der Waals surface area contributed by atoms with E-state index in [0.29, 0.717) is 169 Å². The molecule has 31 nitrogen and oxygen atoms in total. The number of carbonyl (C=O) groups excluding carboxylic acids is 5. The Morgan fingerprint density at radius 3 is 1.48 bits per heavy atom. The Hall–Kier alpha value is -6.62. The summed E-state index contributed by atoms with van der Waals surface area (Å²) in [6.45, 7) is 22.3. The number of fused-ring (bicyclic) bond motifs is 1. The number of nitrogens with two attached hydrogens (primary N) is 2. The molecule has 31 heteroatoms. The van der Waals surface area contributed by atoms with Crippen LogP contribution in [0.4, 0.5) is 17.5 Å². The van der Waals surface area contributed by atoms with Crippen LogP contribution in [0.2, 0.25) is 0 Å². The highest BCUT2D eigenvalue weighted by Gasteiger charge is 2.28. The molecule has 4 amide bonds. The summed E-state index contributed by atoms with van der Waals surface area (Å²) in [4.78, 5) is 96.4. The van der Waals surface area contributed by atoms with E-state index in [1.165, 1.54) is 4.90 Å². The molecular weight excluding hydrogens is 1220 g/mol. The predicted octanol–water partition coefficient (Wildman–Crippen LogP) is 2.39. The fraction of sp³-hybridized carbons (Fsp3) is 0.710. The van der Waals surface area contributed by atoms with Gasteiger partial charge in [0.05, 0.1) is 164 Å². The molecule has 3 aromatic rings. The molecule has 1 aromatic carbocycles. The molecule has 93 heavy (non-hydrogen) atoms. The number of aromatic nitrogens is 4. The minimum atomic E-state index is -1.15. The fourth-order valence-corrected chi connectivity index (χ4v) is 7.88. The first kappa shape index (κ1) is 82.5. The maximum absolute atomic E-state index is 13.4. The van der Waals surface area contributed by atoms with E-state index in [1.807, 2.05) is 25.8 Å². The van der Waals surface area contributed by atoms with Crippen LogP contribution in [0.25, 0.3) is 11.2 Å². The standard InChI is InChI=1S/C49H77N11O14.C13H28O6/c1-6-68-23-24-70-27-28-72-31-32-73-30-29-71-26-25-69-22-17-40(62)53-19-8-21-60(41(63)15-16-42(64)65)20-7-18-52-39(61)14-13-38(47(67)74-49(2,3)4)56-46(66)35-9-11-37(12-10-35)59(5)34-36-33-54-45-43(55-36)44(50)57-48(51)58-45;1-3-15-6-7-17-10-11-19-13-12-18-9-8-16-5-4-14-2/h9-12,33,38H,6-8,13-32,34H2,1-5H3,(H,52,61)(H,53,62)(H,56,66)(H,64,65)(H4,50,51,54,57,58);3-13H2,1-2H3. The molecule has 0 spiro atoms. The highest BCUT2D eigenvalue weighted by Crippen LogP contribution is 2.20. The van der Waals surface area contributed by atoms with Gasteiger partial charge in [-0.15, -0.1) is 0 Å². The molecule has 8 N–H and O–H groups in total. The fourth-order valence-electron chi connectivity index (χ4n) is 7.88. The van der Waals surface area contributed by atoms with E-state index >= 15 is 0 Å². The quantitative estimate of drug-likeness (QED) is 0.0349. The van der Waals surface area contributed by atoms with Crippen molar-refractivity contribution in [2.75, 3.05) is 209 Å². The first-order valence-electron chi connectivity index (χ1n) is 31.6. The largest absolute Gasteiger partial charge is 0.481 e. The predicted molar refractivity (Wildman–Crippen MR) is 344 cm³/mol. The van der Waals surface area contributed by atoms with Crippen LogP contribution in [0, 0.1) is 0 Å². The summed E-state index contributed by atoms with van der Waals surface area (Å²) in [6, 6.07) is 5.53. The normalized spacial score (nSPS) is 11.6. The Labute approximate surface area is 546 Å². The van der Waals surface area contributed by atoms with E-state index in [1.54, 1.807) is 58.3 Å². The third-order valence-electron chi connectivity index (χ3n) is 12.5. The van der Waals surface area contributed by atoms with Gasteiger partial charge in [0.1, 0.15) is 11.6 Å². The third-order valence-corrected chi connectivity index (χ3v) is 12.5. The Morgan fingerprint density at radius 1 is 0.581 bits per heavy atom. The van der Waals surface area contributed by atoms with Crippen molar-refractivity contribution in [2.24, 2.45) is 0 Å². The van der Waals surface area contributed by atoms with Gasteiger partial charge in [-0.3, -0.25) is 24.0 Å². The second-order valence-corrected chi connectivity index (χ2v) is 21.3. The van der Waals surface area contributed by atoms with Crippen LogP contribution in [0.3, 0.4) is 0 Å². The number of hydrogen-bond acceptors (Lipinski definition) is 26. The van der Waals surface area contributed by atoms with Crippen molar-refractivity contribution < 1.29 is 95.5 Å². The Morgan fingerprint density at radius 2 is 1.03 bits per heavy atom. The lowest BCUT2D eigenvalue weighted by Gasteiger charge is -2.25. The molecule has 0 aliphatic rings. The number of rotatable bonds is 55. The van der Waals surface area contributed by atoms with Crippen LogP contribution in [0.5, 0.6) is 0 Å². The highest BCUT2D eigenvalue weighted by molar-refractivity contribution is 5.97. The number of amides is 4. The molecule has 0 saturated carbocycles. The van der Waals surface area contributed by atoms with Gasteiger partial charge in [-0.25, -0.2) is 14.8 Å². The molecular formula is C62H105N11O20. The zero-order valence-electron chi connectivity index (χ0n) is 55.8. The molecule has 1 unspecified atom stereocenters. The summed E-state index contributed by atoms with van der Waals surface area (Å²) in [6.07, 6.45) is 1.73. The van der Waals surface area contributed by atoms with E-state index in [4.69, 9.17) is 78.2 Å². The van der Waals surface area contributed by atoms with Crippen molar-refractivity contribution in [1.82, 2.24) is 40.8 Å². The lowest BCUT2D eigenvalue weighted by atomic mass is 10.1. The number of methoxy groups -OCH3 is 1. The Balaban J connectivity index is 0.00000133. The molecule has 2 heterocycles. The maximum Gasteiger partial charge on any atom is 0.329 e. The second kappa shape index (κ2) is 52.7. The van der Waals surface area contributed by atoms with Crippen LogP contribution in [0.15, 0.2) is 30.5 Å². The van der Waals surface area contributed by atoms with Gasteiger partial charge in [-0.2, -0.15) is 9.97 Å². The van der Waals surface area contributed by atoms with Crippen LogP contribution >= 0.6 is 0 Å². The van der Waals surface area contributed by atoms with Gasteiger partial charge in [-0.05, 0) is 78.1 Å². The zero-order valence-corrected chi connectivity index (χ0v) is 55.8. The monoisotopic (exact) mass is 1320 g/mol. The number of nitrogens with one attached hydrogen (secondary N) is 3. The van der Waals surface area contributed by atoms with E-state index < -0.39 is 35.4 Å². The Bertz CT molecular complexity index is 2490. The first-order valence-corrected chi connectivity index (χ1v) is 31.6. The number of ether oxygens (including phenoxy) is 13. The third kappa shape index (κ3) is 43.1. The number of nitrogen functional groups attached to an aromatic ring is 2.